The van der Waals surface area contributed by atoms with E-state index in [-0.39, 0.29) is 5.91 Å². The molecule has 0 saturated carbocycles. The van der Waals surface area contributed by atoms with E-state index in [4.69, 9.17) is 0 Å². The van der Waals surface area contributed by atoms with E-state index in [2.05, 4.69) is 39.5 Å². The van der Waals surface area contributed by atoms with Gasteiger partial charge in [-0.25, -0.2) is 0 Å². The minimum Gasteiger partial charge on any atom is -0.322 e. The normalized spacial score (nSPS) is 18.8. The molecule has 1 amide bonds. The number of nitrogens with one attached hydrogen (secondary N) is 2. The third kappa shape index (κ3) is 3.08. The number of carbonyl (C=O) groups is 1. The van der Waals surface area contributed by atoms with Crippen molar-refractivity contribution in [3.8, 4) is 0 Å². The van der Waals surface area contributed by atoms with Gasteiger partial charge in [0, 0.05) is 15.8 Å². The molecule has 1 atom stereocenters. The molecule has 1 fully saturated rings. The first-order chi connectivity index (χ1) is 10.5. The van der Waals surface area contributed by atoms with Gasteiger partial charge in [0.25, 0.3) is 0 Å². The summed E-state index contributed by atoms with van der Waals surface area (Å²) >= 11 is 1.84. The van der Waals surface area contributed by atoms with E-state index in [1.807, 2.05) is 25.2 Å². The highest BCUT2D eigenvalue weighted by Crippen LogP contribution is 2.35. The van der Waals surface area contributed by atoms with Gasteiger partial charge in [0.2, 0.25) is 5.91 Å². The first-order valence-corrected chi connectivity index (χ1v) is 8.48. The maximum absolute atomic E-state index is 12.4. The van der Waals surface area contributed by atoms with Gasteiger partial charge in [-0.2, -0.15) is 5.10 Å². The summed E-state index contributed by atoms with van der Waals surface area (Å²) in [4.78, 5) is 17.3. The fourth-order valence-corrected chi connectivity index (χ4v) is 4.12. The number of nitrogens with zero attached hydrogens (tertiary/aromatic N) is 2. The number of amides is 1. The number of H-pyrrole nitrogens is 1. The van der Waals surface area contributed by atoms with Gasteiger partial charge in [-0.3, -0.25) is 14.8 Å². The summed E-state index contributed by atoms with van der Waals surface area (Å²) in [5.41, 5.74) is 2.54. The van der Waals surface area contributed by atoms with Crippen LogP contribution in [0.2, 0.25) is 0 Å². The third-order valence-corrected chi connectivity index (χ3v) is 5.29. The van der Waals surface area contributed by atoms with Crippen LogP contribution in [0.1, 0.15) is 40.0 Å². The van der Waals surface area contributed by atoms with E-state index in [1.54, 1.807) is 0 Å². The fraction of sp³-hybridized carbons (Fsp3) is 0.500. The molecule has 6 heteroatoms. The summed E-state index contributed by atoms with van der Waals surface area (Å²) in [6.45, 7) is 7.36. The lowest BCUT2D eigenvalue weighted by atomic mass is 10.2. The molecule has 0 aromatic carbocycles. The van der Waals surface area contributed by atoms with Crippen molar-refractivity contribution < 1.29 is 4.79 Å². The summed E-state index contributed by atoms with van der Waals surface area (Å²) in [7, 11) is 0. The molecule has 2 N–H and O–H groups in total. The van der Waals surface area contributed by atoms with Crippen LogP contribution >= 0.6 is 11.3 Å². The first kappa shape index (κ1) is 15.2. The van der Waals surface area contributed by atoms with Crippen molar-refractivity contribution in [3.05, 3.63) is 33.3 Å². The van der Waals surface area contributed by atoms with Crippen LogP contribution in [0, 0.1) is 20.8 Å². The van der Waals surface area contributed by atoms with E-state index in [9.17, 15) is 4.79 Å². The molecular weight excluding hydrogens is 296 g/mol. The van der Waals surface area contributed by atoms with Crippen molar-refractivity contribution in [3.63, 3.8) is 0 Å². The summed E-state index contributed by atoms with van der Waals surface area (Å²) in [5.74, 6) is 0.0350. The fourth-order valence-electron chi connectivity index (χ4n) is 3.07. The number of aromatic nitrogens is 2. The van der Waals surface area contributed by atoms with Crippen molar-refractivity contribution >= 4 is 22.9 Å². The molecule has 2 aromatic heterocycles. The zero-order valence-electron chi connectivity index (χ0n) is 13.3. The maximum Gasteiger partial charge on any atom is 0.238 e. The molecule has 0 unspecified atom stereocenters. The highest BCUT2D eigenvalue weighted by molar-refractivity contribution is 7.12. The molecular formula is C16H22N4OS. The highest BCUT2D eigenvalue weighted by Gasteiger charge is 2.28. The predicted octanol–water partition coefficient (Wildman–Crippen LogP) is 3.17. The Morgan fingerprint density at radius 3 is 2.91 bits per heavy atom. The van der Waals surface area contributed by atoms with Crippen molar-refractivity contribution in [1.29, 1.82) is 0 Å². The third-order valence-electron chi connectivity index (χ3n) is 4.19. The molecule has 0 spiro atoms. The molecule has 0 aliphatic carbocycles. The SMILES string of the molecule is Cc1ccc([C@@H]2CCCN2CC(=O)Nc2c(C)n[nH]c2C)s1. The zero-order chi connectivity index (χ0) is 15.7. The smallest absolute Gasteiger partial charge is 0.238 e. The van der Waals surface area contributed by atoms with Gasteiger partial charge < -0.3 is 5.32 Å². The summed E-state index contributed by atoms with van der Waals surface area (Å²) in [6, 6.07) is 4.75. The zero-order valence-corrected chi connectivity index (χ0v) is 14.1. The van der Waals surface area contributed by atoms with Crippen molar-refractivity contribution in [2.24, 2.45) is 0 Å². The Kier molecular flexibility index (Phi) is 4.31. The molecule has 3 heterocycles. The highest BCUT2D eigenvalue weighted by atomic mass is 32.1. The predicted molar refractivity (Wildman–Crippen MR) is 89.3 cm³/mol. The van der Waals surface area contributed by atoms with Gasteiger partial charge in [-0.15, -0.1) is 11.3 Å². The molecule has 2 aromatic rings. The molecule has 1 aliphatic heterocycles. The Hall–Kier alpha value is -1.66. The van der Waals surface area contributed by atoms with E-state index < -0.39 is 0 Å². The van der Waals surface area contributed by atoms with Gasteiger partial charge in [0.1, 0.15) is 0 Å². The second-order valence-corrected chi connectivity index (χ2v) is 7.25. The monoisotopic (exact) mass is 318 g/mol. The number of anilines is 1. The number of rotatable bonds is 4. The van der Waals surface area contributed by atoms with Crippen molar-refractivity contribution in [2.75, 3.05) is 18.4 Å². The minimum absolute atomic E-state index is 0.0350. The van der Waals surface area contributed by atoms with Crippen LogP contribution in [-0.4, -0.2) is 34.1 Å². The largest absolute Gasteiger partial charge is 0.322 e. The average Bonchev–Trinajstić information content (AvgIpc) is 3.16. The molecule has 118 valence electrons. The maximum atomic E-state index is 12.4. The molecule has 1 saturated heterocycles. The van der Waals surface area contributed by atoms with Crippen molar-refractivity contribution in [2.45, 2.75) is 39.7 Å². The first-order valence-electron chi connectivity index (χ1n) is 7.66. The number of carbonyl (C=O) groups excluding carboxylic acids is 1. The van der Waals surface area contributed by atoms with Gasteiger partial charge in [0.15, 0.2) is 0 Å². The Morgan fingerprint density at radius 1 is 1.45 bits per heavy atom. The minimum atomic E-state index is 0.0350. The van der Waals surface area contributed by atoms with E-state index >= 15 is 0 Å². The lowest BCUT2D eigenvalue weighted by Gasteiger charge is -2.23. The Bertz CT molecular complexity index is 656. The van der Waals surface area contributed by atoms with E-state index in [0.29, 0.717) is 12.6 Å². The van der Waals surface area contributed by atoms with Crippen LogP contribution < -0.4 is 5.32 Å². The number of aryl methyl sites for hydroxylation is 3. The number of thiophene rings is 1. The topological polar surface area (TPSA) is 61.0 Å². The van der Waals surface area contributed by atoms with Gasteiger partial charge in [0.05, 0.1) is 23.6 Å². The molecule has 5 nitrogen and oxygen atoms in total. The molecule has 0 bridgehead atoms. The molecule has 1 aliphatic rings. The lowest BCUT2D eigenvalue weighted by molar-refractivity contribution is -0.117. The lowest BCUT2D eigenvalue weighted by Crippen LogP contribution is -2.32. The molecule has 22 heavy (non-hydrogen) atoms. The quantitative estimate of drug-likeness (QED) is 0.910. The standard InChI is InChI=1S/C16H22N4OS/c1-10-6-7-14(22-10)13-5-4-8-20(13)9-15(21)17-16-11(2)18-19-12(16)3/h6-7,13H,4-5,8-9H2,1-3H3,(H,17,21)(H,18,19)/t13-/m0/s1. The van der Waals surface area contributed by atoms with E-state index in [0.717, 1.165) is 36.5 Å². The van der Waals surface area contributed by atoms with Crippen LogP contribution in [0.25, 0.3) is 0 Å². The second kappa shape index (κ2) is 6.22. The number of hydrogen-bond acceptors (Lipinski definition) is 4. The summed E-state index contributed by atoms with van der Waals surface area (Å²) in [6.07, 6.45) is 2.29. The second-order valence-electron chi connectivity index (χ2n) is 5.93. The number of likely N-dealkylation sites (tertiary alicyclic amines) is 1. The Balaban J connectivity index is 1.65. The number of aromatic amines is 1. The van der Waals surface area contributed by atoms with Crippen LogP contribution in [-0.2, 0) is 4.79 Å². The van der Waals surface area contributed by atoms with Gasteiger partial charge >= 0.3 is 0 Å². The van der Waals surface area contributed by atoms with Gasteiger partial charge in [-0.05, 0) is 52.3 Å². The van der Waals surface area contributed by atoms with Gasteiger partial charge in [-0.1, -0.05) is 0 Å². The van der Waals surface area contributed by atoms with Crippen LogP contribution in [0.5, 0.6) is 0 Å². The van der Waals surface area contributed by atoms with Crippen molar-refractivity contribution in [1.82, 2.24) is 15.1 Å². The van der Waals surface area contributed by atoms with Crippen LogP contribution in [0.3, 0.4) is 0 Å². The number of hydrogen-bond donors (Lipinski definition) is 2. The molecule has 3 rings (SSSR count). The molecule has 0 radical (unpaired) electrons. The summed E-state index contributed by atoms with van der Waals surface area (Å²) < 4.78 is 0. The van der Waals surface area contributed by atoms with E-state index in [1.165, 1.54) is 9.75 Å². The van der Waals surface area contributed by atoms with Crippen LogP contribution in [0.15, 0.2) is 12.1 Å². The Morgan fingerprint density at radius 2 is 2.27 bits per heavy atom. The van der Waals surface area contributed by atoms with Crippen LogP contribution in [0.4, 0.5) is 5.69 Å². The Labute approximate surface area is 134 Å². The average molecular weight is 318 g/mol. The summed E-state index contributed by atoms with van der Waals surface area (Å²) in [5, 5.41) is 10.0.